The summed E-state index contributed by atoms with van der Waals surface area (Å²) in [5.41, 5.74) is 0. The van der Waals surface area contributed by atoms with Crippen molar-refractivity contribution in [3.05, 3.63) is 0 Å². The van der Waals surface area contributed by atoms with Crippen LogP contribution in [0.4, 0.5) is 13.2 Å². The lowest BCUT2D eigenvalue weighted by molar-refractivity contribution is -0.137. The van der Waals surface area contributed by atoms with Crippen molar-refractivity contribution in [2.45, 2.75) is 51.1 Å². The first-order valence-corrected chi connectivity index (χ1v) is 5.42. The van der Waals surface area contributed by atoms with Gasteiger partial charge in [-0.05, 0) is 27.7 Å². The lowest BCUT2D eigenvalue weighted by Gasteiger charge is -2.26. The molecule has 0 aliphatic rings. The third-order valence-electron chi connectivity index (χ3n) is 1.40. The number of hydrogen-bond acceptors (Lipinski definition) is 2. The number of nitrogens with one attached hydrogen (secondary N) is 1. The zero-order chi connectivity index (χ0) is 11.6. The third kappa shape index (κ3) is 6.50. The fourth-order valence-corrected chi connectivity index (χ4v) is 1.55. The molecule has 0 radical (unpaired) electrons. The molecule has 6 heteroatoms. The fraction of sp³-hybridized carbons (Fsp3) is 1.00. The van der Waals surface area contributed by atoms with Crippen molar-refractivity contribution in [1.29, 1.82) is 0 Å². The predicted molar refractivity (Wildman–Crippen MR) is 51.2 cm³/mol. The Morgan fingerprint density at radius 1 is 1.29 bits per heavy atom. The molecule has 0 amide bonds. The molecule has 0 saturated carbocycles. The van der Waals surface area contributed by atoms with Crippen LogP contribution < -0.4 is 4.72 Å². The standard InChI is InChI=1S/C8H16F3NOS/c1-6(5-8(9,10)11)12-14(13)7(2,3)4/h6,12H,5H2,1-4H3/t6-,14?/m0/s1. The molecule has 0 spiro atoms. The van der Waals surface area contributed by atoms with Crippen LogP contribution in [-0.4, -0.2) is 21.5 Å². The molecular formula is C8H16F3NOS. The van der Waals surface area contributed by atoms with Gasteiger partial charge in [-0.15, -0.1) is 4.72 Å². The van der Waals surface area contributed by atoms with Gasteiger partial charge in [0.25, 0.3) is 0 Å². The van der Waals surface area contributed by atoms with Crippen molar-refractivity contribution in [1.82, 2.24) is 4.72 Å². The zero-order valence-electron chi connectivity index (χ0n) is 8.73. The molecule has 0 aromatic heterocycles. The molecule has 0 aliphatic heterocycles. The number of rotatable bonds is 3. The molecule has 0 rings (SSSR count). The highest BCUT2D eigenvalue weighted by Gasteiger charge is 2.34. The van der Waals surface area contributed by atoms with Crippen LogP contribution in [0.1, 0.15) is 34.1 Å². The summed E-state index contributed by atoms with van der Waals surface area (Å²) < 4.78 is 49.0. The largest absolute Gasteiger partial charge is 0.598 e. The molecule has 86 valence electrons. The molecule has 0 saturated heterocycles. The van der Waals surface area contributed by atoms with E-state index < -0.39 is 34.7 Å². The molecule has 2 nitrogen and oxygen atoms in total. The van der Waals surface area contributed by atoms with Crippen molar-refractivity contribution >= 4 is 11.4 Å². The van der Waals surface area contributed by atoms with Gasteiger partial charge in [0.2, 0.25) is 0 Å². The second-order valence-corrected chi connectivity index (χ2v) is 6.22. The highest BCUT2D eigenvalue weighted by molar-refractivity contribution is 7.90. The second-order valence-electron chi connectivity index (χ2n) is 4.22. The maximum absolute atomic E-state index is 11.9. The maximum atomic E-state index is 11.9. The Hall–Kier alpha value is 0.0600. The van der Waals surface area contributed by atoms with Crippen LogP contribution in [0.2, 0.25) is 0 Å². The summed E-state index contributed by atoms with van der Waals surface area (Å²) in [6, 6.07) is -0.824. The zero-order valence-corrected chi connectivity index (χ0v) is 9.55. The van der Waals surface area contributed by atoms with Gasteiger partial charge in [-0.2, -0.15) is 13.2 Å². The van der Waals surface area contributed by atoms with Crippen LogP contribution in [0.3, 0.4) is 0 Å². The van der Waals surface area contributed by atoms with E-state index in [1.54, 1.807) is 20.8 Å². The van der Waals surface area contributed by atoms with E-state index in [0.717, 1.165) is 0 Å². The summed E-state index contributed by atoms with van der Waals surface area (Å²) >= 11 is -1.45. The van der Waals surface area contributed by atoms with E-state index in [2.05, 4.69) is 4.72 Å². The lowest BCUT2D eigenvalue weighted by atomic mass is 10.2. The van der Waals surface area contributed by atoms with Gasteiger partial charge in [-0.1, -0.05) is 0 Å². The number of hydrogen-bond donors (Lipinski definition) is 1. The minimum Gasteiger partial charge on any atom is -0.598 e. The fourth-order valence-electron chi connectivity index (χ4n) is 0.748. The average molecular weight is 231 g/mol. The van der Waals surface area contributed by atoms with Crippen molar-refractivity contribution in [2.75, 3.05) is 0 Å². The summed E-state index contributed by atoms with van der Waals surface area (Å²) in [4.78, 5) is 0. The lowest BCUT2D eigenvalue weighted by Crippen LogP contribution is -2.44. The predicted octanol–water partition coefficient (Wildman–Crippen LogP) is 2.38. The minimum absolute atomic E-state index is 0.542. The van der Waals surface area contributed by atoms with Crippen molar-refractivity contribution < 1.29 is 17.7 Å². The van der Waals surface area contributed by atoms with Crippen LogP contribution >= 0.6 is 0 Å². The number of alkyl halides is 3. The molecular weight excluding hydrogens is 215 g/mol. The number of halogens is 3. The Balaban J connectivity index is 4.01. The van der Waals surface area contributed by atoms with Crippen LogP contribution in [0.15, 0.2) is 0 Å². The van der Waals surface area contributed by atoms with Crippen molar-refractivity contribution in [2.24, 2.45) is 0 Å². The van der Waals surface area contributed by atoms with Crippen LogP contribution in [0.25, 0.3) is 0 Å². The Kier molecular flexibility index (Phi) is 4.74. The molecule has 0 aromatic rings. The van der Waals surface area contributed by atoms with E-state index in [0.29, 0.717) is 0 Å². The molecule has 0 fully saturated rings. The van der Waals surface area contributed by atoms with Crippen molar-refractivity contribution in [3.63, 3.8) is 0 Å². The molecule has 0 aromatic carbocycles. The summed E-state index contributed by atoms with van der Waals surface area (Å²) in [5, 5.41) is 0. The van der Waals surface area contributed by atoms with Gasteiger partial charge in [0, 0.05) is 11.4 Å². The molecule has 14 heavy (non-hydrogen) atoms. The van der Waals surface area contributed by atoms with Gasteiger partial charge in [0.15, 0.2) is 0 Å². The van der Waals surface area contributed by atoms with Gasteiger partial charge >= 0.3 is 6.18 Å². The van der Waals surface area contributed by atoms with Crippen molar-refractivity contribution in [3.8, 4) is 0 Å². The maximum Gasteiger partial charge on any atom is 0.390 e. The summed E-state index contributed by atoms with van der Waals surface area (Å²) in [6.07, 6.45) is -5.18. The van der Waals surface area contributed by atoms with E-state index in [9.17, 15) is 17.7 Å². The Morgan fingerprint density at radius 3 is 2.00 bits per heavy atom. The highest BCUT2D eigenvalue weighted by atomic mass is 32.2. The second kappa shape index (κ2) is 4.72. The molecule has 1 unspecified atom stereocenters. The van der Waals surface area contributed by atoms with E-state index in [1.165, 1.54) is 6.92 Å². The summed E-state index contributed by atoms with van der Waals surface area (Å²) in [5.74, 6) is 0. The monoisotopic (exact) mass is 231 g/mol. The van der Waals surface area contributed by atoms with E-state index in [1.807, 2.05) is 0 Å². The van der Waals surface area contributed by atoms with Gasteiger partial charge in [-0.25, -0.2) is 0 Å². The summed E-state index contributed by atoms with van der Waals surface area (Å²) in [6.45, 7) is 6.49. The molecule has 1 N–H and O–H groups in total. The van der Waals surface area contributed by atoms with Crippen LogP contribution in [0, 0.1) is 0 Å². The first-order chi connectivity index (χ1) is 6.02. The SMILES string of the molecule is C[C@@H](CC(F)(F)F)N[S+]([O-])C(C)(C)C. The van der Waals surface area contributed by atoms with Gasteiger partial charge in [-0.3, -0.25) is 0 Å². The Labute approximate surface area is 85.6 Å². The molecule has 0 aliphatic carbocycles. The normalized spacial score (nSPS) is 18.0. The van der Waals surface area contributed by atoms with E-state index >= 15 is 0 Å². The topological polar surface area (TPSA) is 35.1 Å². The van der Waals surface area contributed by atoms with E-state index in [4.69, 9.17) is 0 Å². The van der Waals surface area contributed by atoms with Gasteiger partial charge < -0.3 is 4.55 Å². The molecule has 0 heterocycles. The first kappa shape index (κ1) is 14.1. The Morgan fingerprint density at radius 2 is 1.71 bits per heavy atom. The van der Waals surface area contributed by atoms with Crippen LogP contribution in [0.5, 0.6) is 0 Å². The van der Waals surface area contributed by atoms with Gasteiger partial charge in [0.1, 0.15) is 4.75 Å². The van der Waals surface area contributed by atoms with E-state index in [-0.39, 0.29) is 0 Å². The van der Waals surface area contributed by atoms with Gasteiger partial charge in [0.05, 0.1) is 12.5 Å². The summed E-state index contributed by atoms with van der Waals surface area (Å²) in [7, 11) is 0. The third-order valence-corrected chi connectivity index (χ3v) is 3.13. The average Bonchev–Trinajstić information content (AvgIpc) is 1.79. The minimum atomic E-state index is -4.21. The van der Waals surface area contributed by atoms with Crippen LogP contribution in [-0.2, 0) is 11.4 Å². The Bertz CT molecular complexity index is 178. The first-order valence-electron chi connectivity index (χ1n) is 4.27. The molecule has 2 atom stereocenters. The molecule has 0 bridgehead atoms. The quantitative estimate of drug-likeness (QED) is 0.757. The highest BCUT2D eigenvalue weighted by Crippen LogP contribution is 2.22. The smallest absolute Gasteiger partial charge is 0.390 e.